The van der Waals surface area contributed by atoms with E-state index in [1.165, 1.54) is 6.26 Å². The minimum Gasteiger partial charge on any atom is -0.396 e. The van der Waals surface area contributed by atoms with Gasteiger partial charge in [0.15, 0.2) is 9.84 Å². The Morgan fingerprint density at radius 2 is 1.89 bits per heavy atom. The fraction of sp³-hybridized carbons (Fsp3) is 0.538. The van der Waals surface area contributed by atoms with Gasteiger partial charge in [0, 0.05) is 31.4 Å². The number of aliphatic hydroxyl groups excluding tert-OH is 1. The minimum absolute atomic E-state index is 0.104. The van der Waals surface area contributed by atoms with Crippen LogP contribution < -0.4 is 5.32 Å². The summed E-state index contributed by atoms with van der Waals surface area (Å²) < 4.78 is 22.6. The number of benzene rings is 1. The molecule has 1 fully saturated rings. The maximum absolute atomic E-state index is 11.3. The molecule has 0 aromatic heterocycles. The van der Waals surface area contributed by atoms with Crippen LogP contribution in [0.5, 0.6) is 0 Å². The van der Waals surface area contributed by atoms with E-state index in [2.05, 4.69) is 5.32 Å². The van der Waals surface area contributed by atoms with E-state index in [9.17, 15) is 13.5 Å². The van der Waals surface area contributed by atoms with Crippen molar-refractivity contribution in [3.63, 3.8) is 0 Å². The van der Waals surface area contributed by atoms with Crippen molar-refractivity contribution in [3.8, 4) is 0 Å². The predicted octanol–water partition coefficient (Wildman–Crippen LogP) is 0.952. The van der Waals surface area contributed by atoms with Crippen LogP contribution in [-0.4, -0.2) is 32.9 Å². The molecular formula is C13H19NO3S. The van der Waals surface area contributed by atoms with E-state index in [0.717, 1.165) is 24.9 Å². The molecule has 0 saturated heterocycles. The van der Waals surface area contributed by atoms with Crippen LogP contribution in [-0.2, 0) is 16.4 Å². The van der Waals surface area contributed by atoms with Crippen LogP contribution >= 0.6 is 0 Å². The standard InChI is InChI=1S/C13H19NO3S/c1-18(16,17)12-4-2-11(3-5-12)8-14-9-13(10-15)6-7-13/h2-5,14-15H,6-10H2,1H3. The summed E-state index contributed by atoms with van der Waals surface area (Å²) >= 11 is 0. The van der Waals surface area contributed by atoms with Crippen LogP contribution in [0.1, 0.15) is 18.4 Å². The molecule has 0 unspecified atom stereocenters. The average molecular weight is 269 g/mol. The van der Waals surface area contributed by atoms with Gasteiger partial charge in [-0.1, -0.05) is 12.1 Å². The Kier molecular flexibility index (Phi) is 3.75. The minimum atomic E-state index is -3.11. The van der Waals surface area contributed by atoms with Crippen molar-refractivity contribution >= 4 is 9.84 Å². The molecule has 0 spiro atoms. The van der Waals surface area contributed by atoms with Gasteiger partial charge in [-0.3, -0.25) is 0 Å². The summed E-state index contributed by atoms with van der Waals surface area (Å²) in [5.74, 6) is 0. The Morgan fingerprint density at radius 3 is 2.33 bits per heavy atom. The Balaban J connectivity index is 1.87. The van der Waals surface area contributed by atoms with Gasteiger partial charge in [0.25, 0.3) is 0 Å². The zero-order valence-corrected chi connectivity index (χ0v) is 11.3. The number of rotatable bonds is 6. The highest BCUT2D eigenvalue weighted by Gasteiger charge is 2.41. The van der Waals surface area contributed by atoms with Gasteiger partial charge >= 0.3 is 0 Å². The maximum Gasteiger partial charge on any atom is 0.175 e. The van der Waals surface area contributed by atoms with Gasteiger partial charge in [-0.25, -0.2) is 8.42 Å². The smallest absolute Gasteiger partial charge is 0.175 e. The molecule has 5 heteroatoms. The lowest BCUT2D eigenvalue weighted by Crippen LogP contribution is -2.26. The van der Waals surface area contributed by atoms with Crippen LogP contribution in [0.15, 0.2) is 29.2 Å². The predicted molar refractivity (Wildman–Crippen MR) is 70.0 cm³/mol. The van der Waals surface area contributed by atoms with Crippen molar-refractivity contribution in [3.05, 3.63) is 29.8 Å². The van der Waals surface area contributed by atoms with Gasteiger partial charge in [-0.15, -0.1) is 0 Å². The fourth-order valence-corrected chi connectivity index (χ4v) is 2.52. The second-order valence-electron chi connectivity index (χ2n) is 5.18. The monoisotopic (exact) mass is 269 g/mol. The van der Waals surface area contributed by atoms with Crippen LogP contribution in [0, 0.1) is 5.41 Å². The average Bonchev–Trinajstić information content (AvgIpc) is 3.09. The molecule has 1 aromatic carbocycles. The van der Waals surface area contributed by atoms with E-state index in [4.69, 9.17) is 0 Å². The van der Waals surface area contributed by atoms with Crippen molar-refractivity contribution in [2.75, 3.05) is 19.4 Å². The first-order valence-corrected chi connectivity index (χ1v) is 7.95. The molecule has 4 nitrogen and oxygen atoms in total. The highest BCUT2D eigenvalue weighted by atomic mass is 32.2. The Bertz CT molecular complexity index is 504. The molecule has 0 heterocycles. The summed E-state index contributed by atoms with van der Waals surface area (Å²) in [5, 5.41) is 12.5. The first-order valence-electron chi connectivity index (χ1n) is 6.06. The van der Waals surface area contributed by atoms with E-state index in [1.54, 1.807) is 12.1 Å². The summed E-state index contributed by atoms with van der Waals surface area (Å²) in [7, 11) is -3.11. The number of aliphatic hydroxyl groups is 1. The third-order valence-electron chi connectivity index (χ3n) is 3.47. The number of hydrogen-bond donors (Lipinski definition) is 2. The van der Waals surface area contributed by atoms with Gasteiger partial charge in [0.05, 0.1) is 4.90 Å². The Morgan fingerprint density at radius 1 is 1.28 bits per heavy atom. The zero-order chi connectivity index (χ0) is 13.2. The number of sulfone groups is 1. The van der Waals surface area contributed by atoms with E-state index in [1.807, 2.05) is 12.1 Å². The van der Waals surface area contributed by atoms with Crippen molar-refractivity contribution < 1.29 is 13.5 Å². The normalized spacial score (nSPS) is 17.7. The van der Waals surface area contributed by atoms with Crippen LogP contribution in [0.3, 0.4) is 0 Å². The lowest BCUT2D eigenvalue weighted by atomic mass is 10.1. The van der Waals surface area contributed by atoms with Gasteiger partial charge < -0.3 is 10.4 Å². The molecule has 0 bridgehead atoms. The molecule has 0 atom stereocenters. The van der Waals surface area contributed by atoms with Crippen LogP contribution in [0.4, 0.5) is 0 Å². The third kappa shape index (κ3) is 3.31. The molecule has 1 aliphatic rings. The van der Waals surface area contributed by atoms with Gasteiger partial charge in [0.1, 0.15) is 0 Å². The summed E-state index contributed by atoms with van der Waals surface area (Å²) in [6.07, 6.45) is 3.38. The summed E-state index contributed by atoms with van der Waals surface area (Å²) in [5.41, 5.74) is 1.16. The molecule has 0 aliphatic heterocycles. The molecule has 2 rings (SSSR count). The van der Waals surface area contributed by atoms with Crippen molar-refractivity contribution in [1.29, 1.82) is 0 Å². The Labute approximate surface area is 108 Å². The second-order valence-corrected chi connectivity index (χ2v) is 7.19. The van der Waals surface area contributed by atoms with E-state index >= 15 is 0 Å². The van der Waals surface area contributed by atoms with Crippen molar-refractivity contribution in [2.45, 2.75) is 24.3 Å². The van der Waals surface area contributed by atoms with Crippen LogP contribution in [0.2, 0.25) is 0 Å². The van der Waals surface area contributed by atoms with E-state index in [-0.39, 0.29) is 12.0 Å². The first-order chi connectivity index (χ1) is 8.45. The number of hydrogen-bond acceptors (Lipinski definition) is 4. The molecule has 0 amide bonds. The molecule has 1 aliphatic carbocycles. The van der Waals surface area contributed by atoms with Crippen molar-refractivity contribution in [1.82, 2.24) is 5.32 Å². The van der Waals surface area contributed by atoms with Gasteiger partial charge in [-0.05, 0) is 30.5 Å². The molecular weight excluding hydrogens is 250 g/mol. The highest BCUT2D eigenvalue weighted by Crippen LogP contribution is 2.44. The molecule has 1 saturated carbocycles. The summed E-state index contributed by atoms with van der Waals surface area (Å²) in [6.45, 7) is 1.76. The lowest BCUT2D eigenvalue weighted by Gasteiger charge is -2.12. The van der Waals surface area contributed by atoms with E-state index in [0.29, 0.717) is 11.4 Å². The molecule has 100 valence electrons. The van der Waals surface area contributed by atoms with Crippen LogP contribution in [0.25, 0.3) is 0 Å². The molecule has 2 N–H and O–H groups in total. The maximum atomic E-state index is 11.3. The fourth-order valence-electron chi connectivity index (χ4n) is 1.89. The molecule has 18 heavy (non-hydrogen) atoms. The first kappa shape index (κ1) is 13.5. The highest BCUT2D eigenvalue weighted by molar-refractivity contribution is 7.90. The topological polar surface area (TPSA) is 66.4 Å². The Hall–Kier alpha value is -0.910. The lowest BCUT2D eigenvalue weighted by molar-refractivity contribution is 0.207. The zero-order valence-electron chi connectivity index (χ0n) is 10.5. The van der Waals surface area contributed by atoms with Gasteiger partial charge in [0.2, 0.25) is 0 Å². The third-order valence-corrected chi connectivity index (χ3v) is 4.60. The van der Waals surface area contributed by atoms with Gasteiger partial charge in [-0.2, -0.15) is 0 Å². The quantitative estimate of drug-likeness (QED) is 0.807. The largest absolute Gasteiger partial charge is 0.396 e. The summed E-state index contributed by atoms with van der Waals surface area (Å²) in [4.78, 5) is 0.347. The number of nitrogens with one attached hydrogen (secondary N) is 1. The summed E-state index contributed by atoms with van der Waals surface area (Å²) in [6, 6.07) is 6.90. The second kappa shape index (κ2) is 4.99. The van der Waals surface area contributed by atoms with Crippen molar-refractivity contribution in [2.24, 2.45) is 5.41 Å². The van der Waals surface area contributed by atoms with E-state index < -0.39 is 9.84 Å². The molecule has 1 aromatic rings. The molecule has 0 radical (unpaired) electrons. The SMILES string of the molecule is CS(=O)(=O)c1ccc(CNCC2(CO)CC2)cc1.